The molecule has 0 radical (unpaired) electrons. The number of carbonyl (C=O) groups excluding carboxylic acids is 1. The van der Waals surface area contributed by atoms with Gasteiger partial charge in [0.05, 0.1) is 0 Å². The molecule has 0 saturated carbocycles. The summed E-state index contributed by atoms with van der Waals surface area (Å²) in [7, 11) is 0. The normalized spacial score (nSPS) is 15.7. The molecule has 1 aliphatic rings. The third kappa shape index (κ3) is 1.84. The van der Waals surface area contributed by atoms with Gasteiger partial charge in [0.25, 0.3) is 0 Å². The summed E-state index contributed by atoms with van der Waals surface area (Å²) < 4.78 is 13.4. The van der Waals surface area contributed by atoms with E-state index in [1.165, 1.54) is 12.1 Å². The number of phenolic OH excluding ortho intramolecular Hbond substituents is 1. The summed E-state index contributed by atoms with van der Waals surface area (Å²) in [5.74, 6) is -1.45. The van der Waals surface area contributed by atoms with Crippen molar-refractivity contribution in [2.24, 2.45) is 5.16 Å². The van der Waals surface area contributed by atoms with Crippen LogP contribution in [0, 0.1) is 5.82 Å². The Hall–Kier alpha value is -2.69. The zero-order valence-corrected chi connectivity index (χ0v) is 10.3. The van der Waals surface area contributed by atoms with Crippen molar-refractivity contribution < 1.29 is 19.5 Å². The molecule has 5 heteroatoms. The van der Waals surface area contributed by atoms with Crippen molar-refractivity contribution in [3.05, 3.63) is 53.3 Å². The monoisotopic (exact) mass is 271 g/mol. The fraction of sp³-hybridized carbons (Fsp3) is 0.0667. The topological polar surface area (TPSA) is 69.9 Å². The van der Waals surface area contributed by atoms with E-state index in [4.69, 9.17) is 5.21 Å². The number of phenols is 1. The molecule has 3 rings (SSSR count). The average Bonchev–Trinajstić information content (AvgIpc) is 2.78. The molecule has 0 amide bonds. The van der Waals surface area contributed by atoms with Gasteiger partial charge in [-0.05, 0) is 34.9 Å². The lowest BCUT2D eigenvalue weighted by Gasteiger charge is -2.05. The number of hydrogen-bond donors (Lipinski definition) is 2. The van der Waals surface area contributed by atoms with Crippen LogP contribution in [0.2, 0.25) is 0 Å². The van der Waals surface area contributed by atoms with Gasteiger partial charge in [-0.2, -0.15) is 0 Å². The van der Waals surface area contributed by atoms with Gasteiger partial charge in [0.1, 0.15) is 5.71 Å². The Morgan fingerprint density at radius 3 is 2.50 bits per heavy atom. The van der Waals surface area contributed by atoms with Crippen LogP contribution in [0.4, 0.5) is 4.39 Å². The molecule has 0 atom stereocenters. The van der Waals surface area contributed by atoms with E-state index in [0.29, 0.717) is 23.1 Å². The van der Waals surface area contributed by atoms with Gasteiger partial charge >= 0.3 is 0 Å². The number of ketones is 1. The Morgan fingerprint density at radius 2 is 1.80 bits per heavy atom. The van der Waals surface area contributed by atoms with E-state index >= 15 is 0 Å². The van der Waals surface area contributed by atoms with Gasteiger partial charge in [0.15, 0.2) is 11.6 Å². The fourth-order valence-electron chi connectivity index (χ4n) is 2.30. The van der Waals surface area contributed by atoms with Gasteiger partial charge in [-0.3, -0.25) is 4.79 Å². The fourth-order valence-corrected chi connectivity index (χ4v) is 2.30. The summed E-state index contributed by atoms with van der Waals surface area (Å²) in [5.41, 5.74) is 2.57. The molecule has 0 fully saturated rings. The number of halogens is 1. The number of hydrogen-bond acceptors (Lipinski definition) is 4. The lowest BCUT2D eigenvalue weighted by molar-refractivity contribution is 0.106. The van der Waals surface area contributed by atoms with Gasteiger partial charge in [0, 0.05) is 12.0 Å². The number of carbonyl (C=O) groups is 1. The van der Waals surface area contributed by atoms with Gasteiger partial charge in [0.2, 0.25) is 5.78 Å². The van der Waals surface area contributed by atoms with Crippen LogP contribution in [0.1, 0.15) is 15.9 Å². The lowest BCUT2D eigenvalue weighted by Crippen LogP contribution is -2.06. The maximum Gasteiger partial charge on any atom is 0.211 e. The number of rotatable bonds is 1. The largest absolute Gasteiger partial charge is 0.505 e. The van der Waals surface area contributed by atoms with Crippen LogP contribution in [0.25, 0.3) is 11.1 Å². The van der Waals surface area contributed by atoms with Crippen molar-refractivity contribution >= 4 is 11.5 Å². The molecule has 0 aliphatic heterocycles. The second kappa shape index (κ2) is 4.45. The SMILES string of the molecule is O=C1/C(=N/O)Cc2ccc(-c3ccc(O)c(F)c3)cc21. The summed E-state index contributed by atoms with van der Waals surface area (Å²) in [5, 5.41) is 20.9. The van der Waals surface area contributed by atoms with E-state index in [9.17, 15) is 14.3 Å². The highest BCUT2D eigenvalue weighted by molar-refractivity contribution is 6.49. The second-order valence-corrected chi connectivity index (χ2v) is 4.59. The van der Waals surface area contributed by atoms with Crippen molar-refractivity contribution in [1.29, 1.82) is 0 Å². The highest BCUT2D eigenvalue weighted by Crippen LogP contribution is 2.29. The molecule has 0 spiro atoms. The molecule has 4 nitrogen and oxygen atoms in total. The van der Waals surface area contributed by atoms with Crippen LogP contribution < -0.4 is 0 Å². The molecule has 0 bridgehead atoms. The van der Waals surface area contributed by atoms with Crippen molar-refractivity contribution in [2.45, 2.75) is 6.42 Å². The van der Waals surface area contributed by atoms with Crippen LogP contribution in [-0.2, 0) is 6.42 Å². The van der Waals surface area contributed by atoms with E-state index in [1.54, 1.807) is 24.3 Å². The van der Waals surface area contributed by atoms with Crippen molar-refractivity contribution in [2.75, 3.05) is 0 Å². The smallest absolute Gasteiger partial charge is 0.211 e. The van der Waals surface area contributed by atoms with E-state index < -0.39 is 11.6 Å². The Kier molecular flexibility index (Phi) is 2.75. The number of nitrogens with zero attached hydrogens (tertiary/aromatic N) is 1. The molecule has 2 aromatic carbocycles. The maximum absolute atomic E-state index is 13.4. The lowest BCUT2D eigenvalue weighted by atomic mass is 10.00. The van der Waals surface area contributed by atoms with Crippen molar-refractivity contribution in [3.8, 4) is 16.9 Å². The molecule has 1 aliphatic carbocycles. The van der Waals surface area contributed by atoms with Crippen molar-refractivity contribution in [1.82, 2.24) is 0 Å². The van der Waals surface area contributed by atoms with Crippen LogP contribution >= 0.6 is 0 Å². The van der Waals surface area contributed by atoms with Gasteiger partial charge in [-0.15, -0.1) is 0 Å². The maximum atomic E-state index is 13.4. The first-order chi connectivity index (χ1) is 9.60. The molecule has 0 saturated heterocycles. The van der Waals surface area contributed by atoms with E-state index in [-0.39, 0.29) is 11.5 Å². The third-order valence-electron chi connectivity index (χ3n) is 3.38. The Balaban J connectivity index is 2.08. The van der Waals surface area contributed by atoms with Crippen LogP contribution in [0.3, 0.4) is 0 Å². The minimum absolute atomic E-state index is 0.106. The first kappa shape index (κ1) is 12.3. The second-order valence-electron chi connectivity index (χ2n) is 4.59. The van der Waals surface area contributed by atoms with Gasteiger partial charge in [-0.1, -0.05) is 23.4 Å². The van der Waals surface area contributed by atoms with E-state index in [2.05, 4.69) is 5.16 Å². The number of benzene rings is 2. The molecule has 20 heavy (non-hydrogen) atoms. The van der Waals surface area contributed by atoms with Gasteiger partial charge in [-0.25, -0.2) is 4.39 Å². The quantitative estimate of drug-likeness (QED) is 0.619. The molecule has 0 aromatic heterocycles. The molecular weight excluding hydrogens is 261 g/mol. The summed E-state index contributed by atoms with van der Waals surface area (Å²) in [6.07, 6.45) is 0.300. The molecule has 0 unspecified atom stereocenters. The molecular formula is C15H10FNO3. The summed E-state index contributed by atoms with van der Waals surface area (Å²) in [6.45, 7) is 0. The number of aromatic hydroxyl groups is 1. The van der Waals surface area contributed by atoms with E-state index in [0.717, 1.165) is 5.56 Å². The highest BCUT2D eigenvalue weighted by atomic mass is 19.1. The zero-order valence-electron chi connectivity index (χ0n) is 10.3. The van der Waals surface area contributed by atoms with Crippen molar-refractivity contribution in [3.63, 3.8) is 0 Å². The molecule has 100 valence electrons. The van der Waals surface area contributed by atoms with Gasteiger partial charge < -0.3 is 10.3 Å². The summed E-state index contributed by atoms with van der Waals surface area (Å²) >= 11 is 0. The van der Waals surface area contributed by atoms with Crippen LogP contribution in [0.15, 0.2) is 41.6 Å². The first-order valence-electron chi connectivity index (χ1n) is 5.97. The first-order valence-corrected chi connectivity index (χ1v) is 5.97. The third-order valence-corrected chi connectivity index (χ3v) is 3.38. The summed E-state index contributed by atoms with van der Waals surface area (Å²) in [4.78, 5) is 11.9. The predicted molar refractivity (Wildman–Crippen MR) is 70.8 cm³/mol. The average molecular weight is 271 g/mol. The molecule has 0 heterocycles. The minimum Gasteiger partial charge on any atom is -0.505 e. The summed E-state index contributed by atoms with van der Waals surface area (Å²) in [6, 6.07) is 9.20. The van der Waals surface area contributed by atoms with E-state index in [1.807, 2.05) is 0 Å². The number of fused-ring (bicyclic) bond motifs is 1. The number of oxime groups is 1. The zero-order chi connectivity index (χ0) is 14.3. The Morgan fingerprint density at radius 1 is 1.10 bits per heavy atom. The predicted octanol–water partition coefficient (Wildman–Crippen LogP) is 2.77. The number of Topliss-reactive ketones (excluding diaryl/α,β-unsaturated/α-hetero) is 1. The van der Waals surface area contributed by atoms with Crippen LogP contribution in [0.5, 0.6) is 5.75 Å². The van der Waals surface area contributed by atoms with Crippen LogP contribution in [-0.4, -0.2) is 21.8 Å². The molecule has 2 N–H and O–H groups in total. The Labute approximate surface area is 113 Å². The minimum atomic E-state index is -0.716. The highest BCUT2D eigenvalue weighted by Gasteiger charge is 2.27. The Bertz CT molecular complexity index is 753. The molecule has 2 aromatic rings. The standard InChI is InChI=1S/C15H10FNO3/c16-12-6-9(3-4-14(12)18)8-1-2-10-7-13(17-20)15(19)11(10)5-8/h1-6,18,20H,7H2/b17-13+.